The predicted octanol–water partition coefficient (Wildman–Crippen LogP) is 4.69. The van der Waals surface area contributed by atoms with Crippen LogP contribution in [0.1, 0.15) is 16.0 Å². The maximum absolute atomic E-state index is 13.1. The number of furan rings is 1. The summed E-state index contributed by atoms with van der Waals surface area (Å²) < 4.78 is 32.7. The summed E-state index contributed by atoms with van der Waals surface area (Å²) in [4.78, 5) is 1.17. The SMILES string of the molecule is Cc1ccc(S(=O)(=O)N(Cc2ccoc2)Cc2cccs2)cc1Cl. The van der Waals surface area contributed by atoms with Gasteiger partial charge in [-0.1, -0.05) is 23.7 Å². The molecule has 0 unspecified atom stereocenters. The second-order valence-corrected chi connectivity index (χ2v) is 8.77. The number of benzene rings is 1. The molecule has 0 saturated carbocycles. The summed E-state index contributed by atoms with van der Waals surface area (Å²) in [7, 11) is -3.68. The molecule has 0 atom stereocenters. The Kier molecular flexibility index (Phi) is 5.10. The Morgan fingerprint density at radius 2 is 2.04 bits per heavy atom. The molecule has 0 fully saturated rings. The molecular formula is C17H16ClNO3S2. The van der Waals surface area contributed by atoms with Crippen LogP contribution < -0.4 is 0 Å². The standard InChI is InChI=1S/C17H16ClNO3S2/c1-13-4-5-16(9-17(13)18)24(20,21)19(10-14-6-7-22-12-14)11-15-3-2-8-23-15/h2-9,12H,10-11H2,1H3. The first kappa shape index (κ1) is 17.2. The van der Waals surface area contributed by atoms with E-state index in [1.807, 2.05) is 24.4 Å². The van der Waals surface area contributed by atoms with Crippen LogP contribution in [0.4, 0.5) is 0 Å². The average molecular weight is 382 g/mol. The third kappa shape index (κ3) is 3.72. The van der Waals surface area contributed by atoms with Gasteiger partial charge < -0.3 is 4.42 Å². The molecule has 2 aromatic heterocycles. The number of nitrogens with zero attached hydrogens (tertiary/aromatic N) is 1. The molecule has 3 aromatic rings. The number of sulfonamides is 1. The average Bonchev–Trinajstić information content (AvgIpc) is 3.23. The van der Waals surface area contributed by atoms with Gasteiger partial charge in [-0.2, -0.15) is 4.31 Å². The van der Waals surface area contributed by atoms with E-state index in [1.54, 1.807) is 24.5 Å². The van der Waals surface area contributed by atoms with Gasteiger partial charge in [0, 0.05) is 28.6 Å². The molecule has 0 saturated heterocycles. The number of hydrogen-bond acceptors (Lipinski definition) is 4. The normalized spacial score (nSPS) is 12.0. The fourth-order valence-corrected chi connectivity index (χ4v) is 4.75. The van der Waals surface area contributed by atoms with Crippen molar-refractivity contribution in [3.8, 4) is 0 Å². The van der Waals surface area contributed by atoms with Gasteiger partial charge in [-0.05, 0) is 42.1 Å². The van der Waals surface area contributed by atoms with Crippen molar-refractivity contribution in [2.75, 3.05) is 0 Å². The molecule has 24 heavy (non-hydrogen) atoms. The van der Waals surface area contributed by atoms with E-state index < -0.39 is 10.0 Å². The van der Waals surface area contributed by atoms with Gasteiger partial charge in [0.15, 0.2) is 0 Å². The molecule has 0 radical (unpaired) electrons. The van der Waals surface area contributed by atoms with Crippen molar-refractivity contribution in [3.63, 3.8) is 0 Å². The minimum absolute atomic E-state index is 0.193. The van der Waals surface area contributed by atoms with Crippen LogP contribution in [0.2, 0.25) is 5.02 Å². The van der Waals surface area contributed by atoms with Crippen molar-refractivity contribution in [3.05, 3.63) is 75.3 Å². The first-order valence-corrected chi connectivity index (χ1v) is 9.96. The molecule has 2 heterocycles. The van der Waals surface area contributed by atoms with Crippen molar-refractivity contribution in [2.24, 2.45) is 0 Å². The van der Waals surface area contributed by atoms with Gasteiger partial charge in [-0.25, -0.2) is 8.42 Å². The highest BCUT2D eigenvalue weighted by Crippen LogP contribution is 2.26. The second kappa shape index (κ2) is 7.11. The monoisotopic (exact) mass is 381 g/mol. The fourth-order valence-electron chi connectivity index (χ4n) is 2.27. The zero-order valence-electron chi connectivity index (χ0n) is 13.0. The Morgan fingerprint density at radius 3 is 2.67 bits per heavy atom. The summed E-state index contributed by atoms with van der Waals surface area (Å²) in [5.41, 5.74) is 1.64. The molecule has 4 nitrogen and oxygen atoms in total. The minimum atomic E-state index is -3.68. The van der Waals surface area contributed by atoms with Crippen LogP contribution in [0.5, 0.6) is 0 Å². The Bertz CT molecular complexity index is 867. The van der Waals surface area contributed by atoms with E-state index in [4.69, 9.17) is 16.0 Å². The third-order valence-corrected chi connectivity index (χ3v) is 6.69. The van der Waals surface area contributed by atoms with Crippen molar-refractivity contribution in [1.29, 1.82) is 0 Å². The van der Waals surface area contributed by atoms with Crippen LogP contribution >= 0.6 is 22.9 Å². The molecule has 0 N–H and O–H groups in total. The van der Waals surface area contributed by atoms with Crippen LogP contribution in [-0.4, -0.2) is 12.7 Å². The van der Waals surface area contributed by atoms with E-state index in [2.05, 4.69) is 0 Å². The molecule has 0 aliphatic heterocycles. The lowest BCUT2D eigenvalue weighted by molar-refractivity contribution is 0.402. The molecule has 0 bridgehead atoms. The summed E-state index contributed by atoms with van der Waals surface area (Å²) in [6.45, 7) is 2.38. The zero-order valence-corrected chi connectivity index (χ0v) is 15.4. The lowest BCUT2D eigenvalue weighted by Crippen LogP contribution is -2.29. The maximum atomic E-state index is 13.1. The maximum Gasteiger partial charge on any atom is 0.243 e. The van der Waals surface area contributed by atoms with E-state index >= 15 is 0 Å². The Hall–Kier alpha value is -1.60. The number of hydrogen-bond donors (Lipinski definition) is 0. The van der Waals surface area contributed by atoms with Crippen LogP contribution in [0.3, 0.4) is 0 Å². The first-order chi connectivity index (χ1) is 11.5. The van der Waals surface area contributed by atoms with E-state index in [-0.39, 0.29) is 11.4 Å². The van der Waals surface area contributed by atoms with Crippen LogP contribution in [0.25, 0.3) is 0 Å². The Balaban J connectivity index is 1.97. The summed E-state index contributed by atoms with van der Waals surface area (Å²) in [6, 6.07) is 10.4. The van der Waals surface area contributed by atoms with Crippen molar-refractivity contribution >= 4 is 33.0 Å². The molecule has 0 amide bonds. The van der Waals surface area contributed by atoms with Gasteiger partial charge in [0.05, 0.1) is 17.4 Å². The number of aryl methyl sites for hydroxylation is 1. The largest absolute Gasteiger partial charge is 0.472 e. The van der Waals surface area contributed by atoms with Gasteiger partial charge in [0.25, 0.3) is 0 Å². The predicted molar refractivity (Wildman–Crippen MR) is 95.6 cm³/mol. The van der Waals surface area contributed by atoms with E-state index in [9.17, 15) is 8.42 Å². The van der Waals surface area contributed by atoms with Crippen molar-refractivity contribution in [1.82, 2.24) is 4.31 Å². The molecule has 7 heteroatoms. The van der Waals surface area contributed by atoms with Gasteiger partial charge in [-0.3, -0.25) is 0 Å². The Morgan fingerprint density at radius 1 is 1.21 bits per heavy atom. The van der Waals surface area contributed by atoms with Crippen molar-refractivity contribution < 1.29 is 12.8 Å². The highest BCUT2D eigenvalue weighted by molar-refractivity contribution is 7.89. The Labute approximate surface area is 150 Å². The summed E-state index contributed by atoms with van der Waals surface area (Å²) in [6.07, 6.45) is 3.09. The van der Waals surface area contributed by atoms with Crippen LogP contribution in [0, 0.1) is 6.92 Å². The van der Waals surface area contributed by atoms with Crippen LogP contribution in [-0.2, 0) is 23.1 Å². The zero-order chi connectivity index (χ0) is 17.2. The summed E-state index contributed by atoms with van der Waals surface area (Å²) >= 11 is 7.64. The van der Waals surface area contributed by atoms with Gasteiger partial charge >= 0.3 is 0 Å². The molecule has 3 rings (SSSR count). The van der Waals surface area contributed by atoms with E-state index in [1.165, 1.54) is 28.0 Å². The van der Waals surface area contributed by atoms with E-state index in [0.717, 1.165) is 16.0 Å². The second-order valence-electron chi connectivity index (χ2n) is 5.40. The van der Waals surface area contributed by atoms with Crippen molar-refractivity contribution in [2.45, 2.75) is 24.9 Å². The highest BCUT2D eigenvalue weighted by Gasteiger charge is 2.26. The topological polar surface area (TPSA) is 50.5 Å². The highest BCUT2D eigenvalue weighted by atomic mass is 35.5. The smallest absolute Gasteiger partial charge is 0.243 e. The van der Waals surface area contributed by atoms with E-state index in [0.29, 0.717) is 11.6 Å². The molecule has 126 valence electrons. The molecule has 0 aliphatic rings. The summed E-state index contributed by atoms with van der Waals surface area (Å²) in [5.74, 6) is 0. The molecular weight excluding hydrogens is 366 g/mol. The lowest BCUT2D eigenvalue weighted by atomic mass is 10.2. The molecule has 1 aromatic carbocycles. The van der Waals surface area contributed by atoms with Gasteiger partial charge in [0.2, 0.25) is 10.0 Å². The molecule has 0 spiro atoms. The molecule has 0 aliphatic carbocycles. The lowest BCUT2D eigenvalue weighted by Gasteiger charge is -2.21. The van der Waals surface area contributed by atoms with Crippen LogP contribution in [0.15, 0.2) is 63.6 Å². The fraction of sp³-hybridized carbons (Fsp3) is 0.176. The number of thiophene rings is 1. The van der Waals surface area contributed by atoms with Gasteiger partial charge in [0.1, 0.15) is 0 Å². The summed E-state index contributed by atoms with van der Waals surface area (Å²) in [5, 5.41) is 2.37. The minimum Gasteiger partial charge on any atom is -0.472 e. The quantitative estimate of drug-likeness (QED) is 0.622. The first-order valence-electron chi connectivity index (χ1n) is 7.26. The number of rotatable bonds is 6. The third-order valence-electron chi connectivity index (χ3n) is 3.63. The van der Waals surface area contributed by atoms with Gasteiger partial charge in [-0.15, -0.1) is 11.3 Å². The number of halogens is 1.